The summed E-state index contributed by atoms with van der Waals surface area (Å²) in [5, 5.41) is 9.11. The largest absolute Gasteiger partial charge is 0.495 e. The molecule has 0 bridgehead atoms. The predicted octanol–water partition coefficient (Wildman–Crippen LogP) is 3.11. The van der Waals surface area contributed by atoms with Crippen molar-refractivity contribution in [2.75, 3.05) is 13.7 Å². The Hall–Kier alpha value is -2.38. The Morgan fingerprint density at radius 2 is 2.00 bits per heavy atom. The summed E-state index contributed by atoms with van der Waals surface area (Å²) in [7, 11) is 1.59. The van der Waals surface area contributed by atoms with Gasteiger partial charge in [0.25, 0.3) is 0 Å². The average molecular weight is 282 g/mol. The molecule has 108 valence electrons. The second kappa shape index (κ2) is 8.03. The first-order chi connectivity index (χ1) is 10.3. The van der Waals surface area contributed by atoms with Crippen LogP contribution in [0.15, 0.2) is 42.7 Å². The van der Waals surface area contributed by atoms with Crippen LogP contribution in [0, 0.1) is 11.3 Å². The molecular formula is C17H18N2O2. The Balaban J connectivity index is 1.82. The zero-order valence-electron chi connectivity index (χ0n) is 12.1. The third-order valence-corrected chi connectivity index (χ3v) is 3.19. The van der Waals surface area contributed by atoms with E-state index in [4.69, 9.17) is 14.7 Å². The first-order valence-corrected chi connectivity index (χ1v) is 6.87. The number of pyridine rings is 1. The summed E-state index contributed by atoms with van der Waals surface area (Å²) in [6, 6.07) is 12.2. The number of methoxy groups -OCH3 is 1. The van der Waals surface area contributed by atoms with Crippen LogP contribution in [-0.4, -0.2) is 18.7 Å². The van der Waals surface area contributed by atoms with Crippen molar-refractivity contribution in [1.82, 2.24) is 4.98 Å². The standard InChI is InChI=1S/C17H18N2O2/c1-20-17-12-19-11-15(10-18)16(17)8-5-9-21-13-14-6-3-2-4-7-14/h2-4,6-7,11-12H,5,8-9,13H2,1H3. The Labute approximate surface area is 125 Å². The molecule has 4 nitrogen and oxygen atoms in total. The number of aromatic nitrogens is 1. The van der Waals surface area contributed by atoms with Gasteiger partial charge in [-0.3, -0.25) is 4.98 Å². The molecule has 2 rings (SSSR count). The number of nitriles is 1. The monoisotopic (exact) mass is 282 g/mol. The van der Waals surface area contributed by atoms with Crippen LogP contribution in [0.5, 0.6) is 5.75 Å². The molecule has 0 aliphatic carbocycles. The van der Waals surface area contributed by atoms with Gasteiger partial charge in [0.05, 0.1) is 25.5 Å². The Kier molecular flexibility index (Phi) is 5.74. The van der Waals surface area contributed by atoms with Gasteiger partial charge in [-0.1, -0.05) is 30.3 Å². The maximum Gasteiger partial charge on any atom is 0.141 e. The fourth-order valence-electron chi connectivity index (χ4n) is 2.11. The lowest BCUT2D eigenvalue weighted by Crippen LogP contribution is -2.01. The SMILES string of the molecule is COc1cncc(C#N)c1CCCOCc1ccccc1. The first-order valence-electron chi connectivity index (χ1n) is 6.87. The van der Waals surface area contributed by atoms with Crippen LogP contribution in [0.3, 0.4) is 0 Å². The number of nitrogens with zero attached hydrogens (tertiary/aromatic N) is 2. The van der Waals surface area contributed by atoms with Gasteiger partial charge in [0, 0.05) is 18.4 Å². The lowest BCUT2D eigenvalue weighted by atomic mass is 10.1. The van der Waals surface area contributed by atoms with Crippen LogP contribution >= 0.6 is 0 Å². The van der Waals surface area contributed by atoms with Crippen LogP contribution in [0.2, 0.25) is 0 Å². The van der Waals surface area contributed by atoms with E-state index in [9.17, 15) is 0 Å². The first kappa shape index (κ1) is 15.0. The van der Waals surface area contributed by atoms with Gasteiger partial charge in [0.1, 0.15) is 11.8 Å². The van der Waals surface area contributed by atoms with Crippen LogP contribution in [0.1, 0.15) is 23.1 Å². The van der Waals surface area contributed by atoms with Crippen LogP contribution in [-0.2, 0) is 17.8 Å². The number of hydrogen-bond acceptors (Lipinski definition) is 4. The van der Waals surface area contributed by atoms with E-state index < -0.39 is 0 Å². The average Bonchev–Trinajstić information content (AvgIpc) is 2.55. The minimum atomic E-state index is 0.567. The van der Waals surface area contributed by atoms with Crippen molar-refractivity contribution in [1.29, 1.82) is 5.26 Å². The van der Waals surface area contributed by atoms with Crippen molar-refractivity contribution in [2.45, 2.75) is 19.4 Å². The van der Waals surface area contributed by atoms with Crippen molar-refractivity contribution >= 4 is 0 Å². The Morgan fingerprint density at radius 1 is 1.19 bits per heavy atom. The highest BCUT2D eigenvalue weighted by molar-refractivity contribution is 5.43. The molecule has 0 fully saturated rings. The Bertz CT molecular complexity index is 606. The molecule has 0 saturated carbocycles. The summed E-state index contributed by atoms with van der Waals surface area (Å²) in [6.07, 6.45) is 4.79. The molecule has 0 aliphatic rings. The normalized spacial score (nSPS) is 10.1. The van der Waals surface area contributed by atoms with Gasteiger partial charge in [0.2, 0.25) is 0 Å². The van der Waals surface area contributed by atoms with Crippen molar-refractivity contribution < 1.29 is 9.47 Å². The van der Waals surface area contributed by atoms with Crippen LogP contribution in [0.4, 0.5) is 0 Å². The van der Waals surface area contributed by atoms with Gasteiger partial charge in [-0.25, -0.2) is 0 Å². The van der Waals surface area contributed by atoms with Crippen molar-refractivity contribution in [2.24, 2.45) is 0 Å². The summed E-state index contributed by atoms with van der Waals surface area (Å²) in [6.45, 7) is 1.25. The quantitative estimate of drug-likeness (QED) is 0.732. The van der Waals surface area contributed by atoms with Crippen molar-refractivity contribution in [3.8, 4) is 11.8 Å². The fraction of sp³-hybridized carbons (Fsp3) is 0.294. The zero-order valence-corrected chi connectivity index (χ0v) is 12.1. The van der Waals surface area contributed by atoms with Gasteiger partial charge in [-0.15, -0.1) is 0 Å². The molecule has 0 N–H and O–H groups in total. The molecule has 0 atom stereocenters. The zero-order chi connectivity index (χ0) is 14.9. The molecule has 0 spiro atoms. The predicted molar refractivity (Wildman–Crippen MR) is 79.9 cm³/mol. The molecule has 1 heterocycles. The van der Waals surface area contributed by atoms with E-state index in [1.54, 1.807) is 19.5 Å². The molecule has 21 heavy (non-hydrogen) atoms. The lowest BCUT2D eigenvalue weighted by molar-refractivity contribution is 0.118. The van der Waals surface area contributed by atoms with E-state index in [-0.39, 0.29) is 0 Å². The Morgan fingerprint density at radius 3 is 2.71 bits per heavy atom. The molecule has 0 amide bonds. The molecule has 1 aromatic heterocycles. The second-order valence-electron chi connectivity index (χ2n) is 4.62. The molecular weight excluding hydrogens is 264 g/mol. The number of ether oxygens (including phenoxy) is 2. The molecule has 0 saturated heterocycles. The molecule has 0 unspecified atom stereocenters. The lowest BCUT2D eigenvalue weighted by Gasteiger charge is -2.09. The van der Waals surface area contributed by atoms with E-state index >= 15 is 0 Å². The summed E-state index contributed by atoms with van der Waals surface area (Å²) in [5.74, 6) is 0.664. The van der Waals surface area contributed by atoms with Gasteiger partial charge in [0.15, 0.2) is 0 Å². The van der Waals surface area contributed by atoms with E-state index in [1.165, 1.54) is 0 Å². The molecule has 2 aromatic rings. The molecule has 4 heteroatoms. The smallest absolute Gasteiger partial charge is 0.141 e. The highest BCUT2D eigenvalue weighted by atomic mass is 16.5. The van der Waals surface area contributed by atoms with Gasteiger partial charge in [-0.2, -0.15) is 5.26 Å². The highest BCUT2D eigenvalue weighted by Crippen LogP contribution is 2.21. The summed E-state index contributed by atoms with van der Waals surface area (Å²) >= 11 is 0. The number of hydrogen-bond donors (Lipinski definition) is 0. The van der Waals surface area contributed by atoms with E-state index in [1.807, 2.05) is 30.3 Å². The number of benzene rings is 1. The molecule has 0 aliphatic heterocycles. The van der Waals surface area contributed by atoms with E-state index in [0.717, 1.165) is 24.0 Å². The summed E-state index contributed by atoms with van der Waals surface area (Å²) in [4.78, 5) is 3.99. The third kappa shape index (κ3) is 4.30. The molecule has 0 radical (unpaired) electrons. The topological polar surface area (TPSA) is 55.1 Å². The maximum atomic E-state index is 9.11. The summed E-state index contributed by atoms with van der Waals surface area (Å²) in [5.41, 5.74) is 2.63. The van der Waals surface area contributed by atoms with Gasteiger partial charge in [-0.05, 0) is 18.4 Å². The minimum Gasteiger partial charge on any atom is -0.495 e. The van der Waals surface area contributed by atoms with E-state index in [2.05, 4.69) is 11.1 Å². The van der Waals surface area contributed by atoms with Crippen LogP contribution in [0.25, 0.3) is 0 Å². The second-order valence-corrected chi connectivity index (χ2v) is 4.62. The highest BCUT2D eigenvalue weighted by Gasteiger charge is 2.09. The van der Waals surface area contributed by atoms with Gasteiger partial charge >= 0.3 is 0 Å². The van der Waals surface area contributed by atoms with Crippen LogP contribution < -0.4 is 4.74 Å². The van der Waals surface area contributed by atoms with Gasteiger partial charge < -0.3 is 9.47 Å². The van der Waals surface area contributed by atoms with Crippen molar-refractivity contribution in [3.05, 3.63) is 59.4 Å². The third-order valence-electron chi connectivity index (χ3n) is 3.19. The number of rotatable bonds is 7. The van der Waals surface area contributed by atoms with Crippen molar-refractivity contribution in [3.63, 3.8) is 0 Å². The molecule has 1 aromatic carbocycles. The maximum absolute atomic E-state index is 9.11. The fourth-order valence-corrected chi connectivity index (χ4v) is 2.11. The van der Waals surface area contributed by atoms with E-state index in [0.29, 0.717) is 24.5 Å². The minimum absolute atomic E-state index is 0.567. The summed E-state index contributed by atoms with van der Waals surface area (Å²) < 4.78 is 10.9.